The van der Waals surface area contributed by atoms with E-state index in [0.29, 0.717) is 5.56 Å². The molecule has 23 heavy (non-hydrogen) atoms. The number of ether oxygens (including phenoxy) is 1. The third-order valence-electron chi connectivity index (χ3n) is 4.23. The number of rotatable bonds is 4. The molecular weight excluding hydrogens is 286 g/mol. The zero-order valence-corrected chi connectivity index (χ0v) is 13.5. The SMILES string of the molecule is CO[C@H](C)c1nc2ccc(C#N)cc2n1[C@@H](C)c1ccccc1. The lowest BCUT2D eigenvalue weighted by atomic mass is 10.1. The summed E-state index contributed by atoms with van der Waals surface area (Å²) in [5.41, 5.74) is 3.67. The second kappa shape index (κ2) is 6.23. The van der Waals surface area contributed by atoms with Crippen LogP contribution >= 0.6 is 0 Å². The molecule has 0 unspecified atom stereocenters. The Morgan fingerprint density at radius 1 is 1.13 bits per heavy atom. The minimum atomic E-state index is -0.126. The van der Waals surface area contributed by atoms with E-state index in [0.717, 1.165) is 16.9 Å². The quantitative estimate of drug-likeness (QED) is 0.725. The van der Waals surface area contributed by atoms with E-state index in [9.17, 15) is 5.26 Å². The average molecular weight is 305 g/mol. The minimum absolute atomic E-state index is 0.0998. The Hall–Kier alpha value is -2.64. The molecule has 0 saturated heterocycles. The maximum atomic E-state index is 9.20. The van der Waals surface area contributed by atoms with Crippen LogP contribution in [0, 0.1) is 11.3 Å². The van der Waals surface area contributed by atoms with Crippen LogP contribution in [0.3, 0.4) is 0 Å². The smallest absolute Gasteiger partial charge is 0.139 e. The van der Waals surface area contributed by atoms with Crippen LogP contribution in [0.2, 0.25) is 0 Å². The van der Waals surface area contributed by atoms with Gasteiger partial charge in [0.2, 0.25) is 0 Å². The third-order valence-corrected chi connectivity index (χ3v) is 4.23. The molecule has 0 spiro atoms. The maximum absolute atomic E-state index is 9.20. The van der Waals surface area contributed by atoms with Crippen LogP contribution in [0.15, 0.2) is 48.5 Å². The monoisotopic (exact) mass is 305 g/mol. The Bertz CT molecular complexity index is 861. The van der Waals surface area contributed by atoms with Crippen LogP contribution in [0.1, 0.15) is 42.9 Å². The van der Waals surface area contributed by atoms with Gasteiger partial charge in [-0.3, -0.25) is 0 Å². The molecule has 116 valence electrons. The van der Waals surface area contributed by atoms with E-state index in [1.165, 1.54) is 5.56 Å². The van der Waals surface area contributed by atoms with Gasteiger partial charge in [0.15, 0.2) is 0 Å². The summed E-state index contributed by atoms with van der Waals surface area (Å²) in [7, 11) is 1.68. The first-order valence-corrected chi connectivity index (χ1v) is 7.65. The van der Waals surface area contributed by atoms with E-state index in [1.807, 2.05) is 37.3 Å². The van der Waals surface area contributed by atoms with Gasteiger partial charge in [0, 0.05) is 7.11 Å². The summed E-state index contributed by atoms with van der Waals surface area (Å²) in [5, 5.41) is 9.20. The van der Waals surface area contributed by atoms with Gasteiger partial charge in [-0.1, -0.05) is 30.3 Å². The molecule has 0 bridgehead atoms. The number of imidazole rings is 1. The lowest BCUT2D eigenvalue weighted by molar-refractivity contribution is 0.108. The van der Waals surface area contributed by atoms with E-state index in [4.69, 9.17) is 9.72 Å². The Morgan fingerprint density at radius 2 is 1.87 bits per heavy atom. The Labute approximate surface area is 136 Å². The standard InChI is InChI=1S/C19H19N3O/c1-13(16-7-5-4-6-8-16)22-18-11-15(12-20)9-10-17(18)21-19(22)14(2)23-3/h4-11,13-14H,1-3H3/t13-,14+/m0/s1. The first-order chi connectivity index (χ1) is 11.2. The molecule has 0 N–H and O–H groups in total. The first-order valence-electron chi connectivity index (χ1n) is 7.65. The van der Waals surface area contributed by atoms with Crippen LogP contribution in [0.4, 0.5) is 0 Å². The highest BCUT2D eigenvalue weighted by Crippen LogP contribution is 2.30. The largest absolute Gasteiger partial charge is 0.374 e. The topological polar surface area (TPSA) is 50.8 Å². The van der Waals surface area contributed by atoms with Gasteiger partial charge in [-0.2, -0.15) is 5.26 Å². The van der Waals surface area contributed by atoms with Gasteiger partial charge in [-0.25, -0.2) is 4.98 Å². The zero-order valence-electron chi connectivity index (χ0n) is 13.5. The number of nitrogens with zero attached hydrogens (tertiary/aromatic N) is 3. The molecule has 0 fully saturated rings. The van der Waals surface area contributed by atoms with Gasteiger partial charge >= 0.3 is 0 Å². The molecule has 4 heteroatoms. The van der Waals surface area contributed by atoms with Gasteiger partial charge in [0.05, 0.1) is 28.7 Å². The molecule has 3 aromatic rings. The summed E-state index contributed by atoms with van der Waals surface area (Å²) >= 11 is 0. The molecule has 2 aromatic carbocycles. The zero-order chi connectivity index (χ0) is 16.4. The van der Waals surface area contributed by atoms with Crippen molar-refractivity contribution in [3.63, 3.8) is 0 Å². The van der Waals surface area contributed by atoms with Crippen LogP contribution in [-0.4, -0.2) is 16.7 Å². The van der Waals surface area contributed by atoms with E-state index in [-0.39, 0.29) is 12.1 Å². The van der Waals surface area contributed by atoms with Crippen molar-refractivity contribution in [2.45, 2.75) is 26.0 Å². The summed E-state index contributed by atoms with van der Waals surface area (Å²) < 4.78 is 7.67. The van der Waals surface area contributed by atoms with Crippen molar-refractivity contribution in [1.29, 1.82) is 5.26 Å². The molecule has 4 nitrogen and oxygen atoms in total. The van der Waals surface area contributed by atoms with Gasteiger partial charge in [-0.05, 0) is 37.6 Å². The fraction of sp³-hybridized carbons (Fsp3) is 0.263. The van der Waals surface area contributed by atoms with Crippen LogP contribution < -0.4 is 0 Å². The molecule has 1 heterocycles. The van der Waals surface area contributed by atoms with E-state index in [1.54, 1.807) is 13.2 Å². The molecule has 0 saturated carbocycles. The van der Waals surface area contributed by atoms with Gasteiger partial charge in [0.25, 0.3) is 0 Å². The van der Waals surface area contributed by atoms with Gasteiger partial charge < -0.3 is 9.30 Å². The second-order valence-electron chi connectivity index (χ2n) is 5.62. The van der Waals surface area contributed by atoms with Gasteiger partial charge in [0.1, 0.15) is 11.9 Å². The summed E-state index contributed by atoms with van der Waals surface area (Å²) in [4.78, 5) is 4.73. The molecule has 2 atom stereocenters. The van der Waals surface area contributed by atoms with Crippen molar-refractivity contribution in [3.8, 4) is 6.07 Å². The predicted octanol–water partition coefficient (Wildman–Crippen LogP) is 4.22. The Morgan fingerprint density at radius 3 is 2.52 bits per heavy atom. The van der Waals surface area contributed by atoms with E-state index >= 15 is 0 Å². The molecule has 1 aromatic heterocycles. The van der Waals surface area contributed by atoms with Crippen molar-refractivity contribution >= 4 is 11.0 Å². The van der Waals surface area contributed by atoms with Crippen molar-refractivity contribution in [2.24, 2.45) is 0 Å². The lowest BCUT2D eigenvalue weighted by Gasteiger charge is -2.20. The fourth-order valence-electron chi connectivity index (χ4n) is 2.86. The molecule has 0 aliphatic rings. The Balaban J connectivity index is 2.25. The predicted molar refractivity (Wildman–Crippen MR) is 90.1 cm³/mol. The second-order valence-corrected chi connectivity index (χ2v) is 5.62. The highest BCUT2D eigenvalue weighted by Gasteiger charge is 2.21. The molecule has 0 radical (unpaired) electrons. The number of hydrogen-bond acceptors (Lipinski definition) is 3. The van der Waals surface area contributed by atoms with Gasteiger partial charge in [-0.15, -0.1) is 0 Å². The van der Waals surface area contributed by atoms with Crippen molar-refractivity contribution in [3.05, 3.63) is 65.5 Å². The van der Waals surface area contributed by atoms with Crippen LogP contribution in [-0.2, 0) is 4.74 Å². The highest BCUT2D eigenvalue weighted by atomic mass is 16.5. The summed E-state index contributed by atoms with van der Waals surface area (Å²) in [5.74, 6) is 0.869. The summed E-state index contributed by atoms with van der Waals surface area (Å²) in [6, 6.07) is 18.2. The highest BCUT2D eigenvalue weighted by molar-refractivity contribution is 5.78. The number of hydrogen-bond donors (Lipinski definition) is 0. The lowest BCUT2D eigenvalue weighted by Crippen LogP contribution is -2.13. The number of nitriles is 1. The van der Waals surface area contributed by atoms with Crippen LogP contribution in [0.5, 0.6) is 0 Å². The van der Waals surface area contributed by atoms with Crippen molar-refractivity contribution in [1.82, 2.24) is 9.55 Å². The van der Waals surface area contributed by atoms with E-state index < -0.39 is 0 Å². The maximum Gasteiger partial charge on any atom is 0.139 e. The molecule has 0 aliphatic heterocycles. The fourth-order valence-corrected chi connectivity index (χ4v) is 2.86. The minimum Gasteiger partial charge on any atom is -0.374 e. The number of methoxy groups -OCH3 is 1. The average Bonchev–Trinajstić information content (AvgIpc) is 2.99. The third kappa shape index (κ3) is 2.71. The first kappa shape index (κ1) is 15.3. The normalized spacial score (nSPS) is 13.7. The van der Waals surface area contributed by atoms with Crippen LogP contribution in [0.25, 0.3) is 11.0 Å². The Kier molecular flexibility index (Phi) is 4.14. The summed E-state index contributed by atoms with van der Waals surface area (Å²) in [6.07, 6.45) is -0.126. The molecule has 0 amide bonds. The summed E-state index contributed by atoms with van der Waals surface area (Å²) in [6.45, 7) is 4.13. The van der Waals surface area contributed by atoms with Crippen molar-refractivity contribution < 1.29 is 4.74 Å². The number of fused-ring (bicyclic) bond motifs is 1. The number of aromatic nitrogens is 2. The van der Waals surface area contributed by atoms with E-state index in [2.05, 4.69) is 29.7 Å². The van der Waals surface area contributed by atoms with Crippen molar-refractivity contribution in [2.75, 3.05) is 7.11 Å². The molecular formula is C19H19N3O. The number of benzene rings is 2. The molecule has 3 rings (SSSR count). The molecule has 0 aliphatic carbocycles.